The van der Waals surface area contributed by atoms with Crippen molar-refractivity contribution in [2.75, 3.05) is 19.0 Å². The Morgan fingerprint density at radius 3 is 2.66 bits per heavy atom. The van der Waals surface area contributed by atoms with Gasteiger partial charge in [-0.2, -0.15) is 5.26 Å². The van der Waals surface area contributed by atoms with E-state index < -0.39 is 0 Å². The van der Waals surface area contributed by atoms with Crippen molar-refractivity contribution >= 4 is 5.82 Å². The third kappa shape index (κ3) is 4.87. The molecule has 0 fully saturated rings. The number of phenolic OH excluding ortho intramolecular Hbond substituents is 1. The van der Waals surface area contributed by atoms with Gasteiger partial charge in [0.2, 0.25) is 0 Å². The molecule has 0 unspecified atom stereocenters. The Morgan fingerprint density at radius 1 is 1.09 bits per heavy atom. The lowest BCUT2D eigenvalue weighted by atomic mass is 10.0. The average Bonchev–Trinajstić information content (AvgIpc) is 3.36. The second kappa shape index (κ2) is 9.67. The first-order valence-corrected chi connectivity index (χ1v) is 10.3. The van der Waals surface area contributed by atoms with E-state index in [9.17, 15) is 5.11 Å². The number of phenols is 1. The van der Waals surface area contributed by atoms with Gasteiger partial charge in [0.25, 0.3) is 0 Å². The van der Waals surface area contributed by atoms with Gasteiger partial charge in [0.05, 0.1) is 30.8 Å². The van der Waals surface area contributed by atoms with Gasteiger partial charge in [0.1, 0.15) is 17.3 Å². The normalized spacial score (nSPS) is 10.5. The van der Waals surface area contributed by atoms with Crippen LogP contribution in [0, 0.1) is 11.3 Å². The number of hydrogen-bond donors (Lipinski definition) is 2. The van der Waals surface area contributed by atoms with E-state index in [0.29, 0.717) is 28.4 Å². The predicted octanol–water partition coefficient (Wildman–Crippen LogP) is 4.70. The summed E-state index contributed by atoms with van der Waals surface area (Å²) in [6.07, 6.45) is 6.41. The molecule has 0 bridgehead atoms. The Balaban J connectivity index is 1.65. The fraction of sp³-hybridized carbons (Fsp3) is 0.160. The minimum Gasteiger partial charge on any atom is -0.507 e. The first kappa shape index (κ1) is 20.9. The van der Waals surface area contributed by atoms with Crippen LogP contribution < -0.4 is 10.1 Å². The lowest BCUT2D eigenvalue weighted by Gasteiger charge is -2.13. The molecule has 4 aromatic rings. The van der Waals surface area contributed by atoms with Crippen LogP contribution in [-0.2, 0) is 6.54 Å². The van der Waals surface area contributed by atoms with E-state index in [2.05, 4.69) is 16.4 Å². The van der Waals surface area contributed by atoms with Crippen LogP contribution in [0.1, 0.15) is 12.0 Å². The maximum Gasteiger partial charge on any atom is 0.127 e. The number of aromatic nitrogens is 3. The molecule has 0 atom stereocenters. The third-order valence-electron chi connectivity index (χ3n) is 5.11. The predicted molar refractivity (Wildman–Crippen MR) is 123 cm³/mol. The largest absolute Gasteiger partial charge is 0.507 e. The molecule has 4 rings (SSSR count). The molecule has 2 aromatic heterocycles. The Labute approximate surface area is 186 Å². The molecule has 2 aromatic carbocycles. The molecule has 0 saturated heterocycles. The van der Waals surface area contributed by atoms with Crippen LogP contribution in [0.4, 0.5) is 5.82 Å². The van der Waals surface area contributed by atoms with Crippen LogP contribution in [0.15, 0.2) is 73.3 Å². The highest BCUT2D eigenvalue weighted by atomic mass is 16.5. The Kier molecular flexibility index (Phi) is 6.33. The quantitative estimate of drug-likeness (QED) is 0.397. The van der Waals surface area contributed by atoms with Crippen molar-refractivity contribution in [1.82, 2.24) is 14.5 Å². The molecule has 7 nitrogen and oxygen atoms in total. The second-order valence-electron chi connectivity index (χ2n) is 7.28. The van der Waals surface area contributed by atoms with Gasteiger partial charge in [0.15, 0.2) is 0 Å². The molecule has 160 valence electrons. The standard InChI is InChI=1S/C25H23N5O2/c1-32-21-7-8-24(31)22(15-21)23-13-20(19-5-3-18(16-26)4-6-19)14-25(29-23)28-9-2-11-30-12-10-27-17-30/h3-8,10,12-15,17,31H,2,9,11H2,1H3,(H,28,29). The molecule has 2 N–H and O–H groups in total. The molecule has 7 heteroatoms. The fourth-order valence-electron chi connectivity index (χ4n) is 3.41. The molecular formula is C25H23N5O2. The number of nitrogens with one attached hydrogen (secondary N) is 1. The Morgan fingerprint density at radius 2 is 1.94 bits per heavy atom. The topological polar surface area (TPSA) is 96.0 Å². The van der Waals surface area contributed by atoms with Crippen molar-refractivity contribution in [3.63, 3.8) is 0 Å². The van der Waals surface area contributed by atoms with Gasteiger partial charge in [-0.05, 0) is 60.0 Å². The molecule has 0 aliphatic heterocycles. The van der Waals surface area contributed by atoms with Crippen LogP contribution in [-0.4, -0.2) is 33.3 Å². The number of hydrogen-bond acceptors (Lipinski definition) is 6. The lowest BCUT2D eigenvalue weighted by molar-refractivity contribution is 0.412. The van der Waals surface area contributed by atoms with E-state index in [1.807, 2.05) is 35.0 Å². The van der Waals surface area contributed by atoms with Gasteiger partial charge in [-0.15, -0.1) is 0 Å². The molecule has 0 aliphatic rings. The van der Waals surface area contributed by atoms with Crippen LogP contribution in [0.2, 0.25) is 0 Å². The van der Waals surface area contributed by atoms with Crippen LogP contribution in [0.3, 0.4) is 0 Å². The molecule has 0 amide bonds. The highest BCUT2D eigenvalue weighted by Gasteiger charge is 2.12. The van der Waals surface area contributed by atoms with Crippen LogP contribution >= 0.6 is 0 Å². The number of benzene rings is 2. The first-order chi connectivity index (χ1) is 15.7. The number of nitrogens with zero attached hydrogens (tertiary/aromatic N) is 4. The molecule has 0 spiro atoms. The van der Waals surface area contributed by atoms with E-state index in [-0.39, 0.29) is 5.75 Å². The summed E-state index contributed by atoms with van der Waals surface area (Å²) < 4.78 is 7.35. The number of ether oxygens (including phenoxy) is 1. The van der Waals surface area contributed by atoms with E-state index in [1.165, 1.54) is 0 Å². The monoisotopic (exact) mass is 425 g/mol. The Hall–Kier alpha value is -4.31. The zero-order valence-corrected chi connectivity index (χ0v) is 17.7. The summed E-state index contributed by atoms with van der Waals surface area (Å²) in [4.78, 5) is 8.80. The van der Waals surface area contributed by atoms with Gasteiger partial charge >= 0.3 is 0 Å². The minimum atomic E-state index is 0.126. The number of nitriles is 1. The van der Waals surface area contributed by atoms with Crippen molar-refractivity contribution in [2.45, 2.75) is 13.0 Å². The van der Waals surface area contributed by atoms with E-state index in [0.717, 1.165) is 30.6 Å². The number of methoxy groups -OCH3 is 1. The second-order valence-corrected chi connectivity index (χ2v) is 7.28. The van der Waals surface area contributed by atoms with Crippen molar-refractivity contribution in [3.8, 4) is 40.0 Å². The number of aromatic hydroxyl groups is 1. The van der Waals surface area contributed by atoms with Crippen molar-refractivity contribution in [3.05, 3.63) is 78.9 Å². The van der Waals surface area contributed by atoms with Gasteiger partial charge in [-0.3, -0.25) is 0 Å². The van der Waals surface area contributed by atoms with Gasteiger partial charge < -0.3 is 19.7 Å². The summed E-state index contributed by atoms with van der Waals surface area (Å²) in [5, 5.41) is 22.9. The fourth-order valence-corrected chi connectivity index (χ4v) is 3.41. The maximum atomic E-state index is 10.5. The Bertz CT molecular complexity index is 1230. The number of imidazole rings is 1. The van der Waals surface area contributed by atoms with Gasteiger partial charge in [-0.25, -0.2) is 9.97 Å². The highest BCUT2D eigenvalue weighted by molar-refractivity contribution is 5.77. The van der Waals surface area contributed by atoms with E-state index in [1.54, 1.807) is 50.0 Å². The summed E-state index contributed by atoms with van der Waals surface area (Å²) in [6, 6.07) is 18.5. The number of pyridine rings is 1. The third-order valence-corrected chi connectivity index (χ3v) is 5.11. The lowest BCUT2D eigenvalue weighted by Crippen LogP contribution is -2.07. The van der Waals surface area contributed by atoms with Gasteiger partial charge in [-0.1, -0.05) is 12.1 Å². The average molecular weight is 425 g/mol. The molecule has 0 radical (unpaired) electrons. The maximum absolute atomic E-state index is 10.5. The summed E-state index contributed by atoms with van der Waals surface area (Å²) in [5.41, 5.74) is 3.70. The van der Waals surface area contributed by atoms with Crippen LogP contribution in [0.5, 0.6) is 11.5 Å². The summed E-state index contributed by atoms with van der Waals surface area (Å²) in [7, 11) is 1.59. The zero-order chi connectivity index (χ0) is 22.3. The zero-order valence-electron chi connectivity index (χ0n) is 17.7. The first-order valence-electron chi connectivity index (χ1n) is 10.3. The van der Waals surface area contributed by atoms with Gasteiger partial charge in [0, 0.05) is 31.0 Å². The SMILES string of the molecule is COc1ccc(O)c(-c2cc(-c3ccc(C#N)cc3)cc(NCCCn3ccnc3)n2)c1. The smallest absolute Gasteiger partial charge is 0.127 e. The van der Waals surface area contributed by atoms with E-state index >= 15 is 0 Å². The summed E-state index contributed by atoms with van der Waals surface area (Å²) >= 11 is 0. The van der Waals surface area contributed by atoms with Crippen LogP contribution in [0.25, 0.3) is 22.4 Å². The van der Waals surface area contributed by atoms with Crippen molar-refractivity contribution in [2.24, 2.45) is 0 Å². The summed E-state index contributed by atoms with van der Waals surface area (Å²) in [5.74, 6) is 1.47. The summed E-state index contributed by atoms with van der Waals surface area (Å²) in [6.45, 7) is 1.58. The van der Waals surface area contributed by atoms with Crippen molar-refractivity contribution < 1.29 is 9.84 Å². The minimum absolute atomic E-state index is 0.126. The molecule has 32 heavy (non-hydrogen) atoms. The van der Waals surface area contributed by atoms with Crippen molar-refractivity contribution in [1.29, 1.82) is 5.26 Å². The molecule has 2 heterocycles. The molecular weight excluding hydrogens is 402 g/mol. The molecule has 0 aliphatic carbocycles. The number of aryl methyl sites for hydroxylation is 1. The number of anilines is 1. The highest BCUT2D eigenvalue weighted by Crippen LogP contribution is 2.35. The van der Waals surface area contributed by atoms with E-state index in [4.69, 9.17) is 15.0 Å². The molecule has 0 saturated carbocycles. The number of rotatable bonds is 8.